The minimum absolute atomic E-state index is 0.0319. The van der Waals surface area contributed by atoms with E-state index < -0.39 is 12.1 Å². The topological polar surface area (TPSA) is 95.9 Å². The van der Waals surface area contributed by atoms with Gasteiger partial charge in [0.2, 0.25) is 5.91 Å². The molecule has 6 nitrogen and oxygen atoms in total. The maximum Gasteiger partial charge on any atom is 0.305 e. The summed E-state index contributed by atoms with van der Waals surface area (Å²) in [7, 11) is 0. The number of allylic oxidation sites excluding steroid dienone is 9. The molecule has 2 unspecified atom stereocenters. The maximum absolute atomic E-state index is 12.5. The second kappa shape index (κ2) is 54.2. The van der Waals surface area contributed by atoms with Gasteiger partial charge in [-0.2, -0.15) is 0 Å². The van der Waals surface area contributed by atoms with Crippen LogP contribution in [0.25, 0.3) is 0 Å². The van der Waals surface area contributed by atoms with E-state index in [1.54, 1.807) is 6.08 Å². The normalized spacial score (nSPS) is 13.1. The molecule has 0 aliphatic heterocycles. The molecule has 2 atom stereocenters. The van der Waals surface area contributed by atoms with E-state index in [1.807, 2.05) is 6.08 Å². The summed E-state index contributed by atoms with van der Waals surface area (Å²) in [5, 5.41) is 23.1. The molecule has 0 aromatic rings. The van der Waals surface area contributed by atoms with Crippen LogP contribution in [-0.4, -0.2) is 47.4 Å². The van der Waals surface area contributed by atoms with Crippen LogP contribution in [0.15, 0.2) is 60.8 Å². The van der Waals surface area contributed by atoms with Gasteiger partial charge in [0.15, 0.2) is 0 Å². The number of carbonyl (C=O) groups excluding carboxylic acids is 2. The van der Waals surface area contributed by atoms with Crippen molar-refractivity contribution >= 4 is 11.9 Å². The molecule has 0 spiro atoms. The van der Waals surface area contributed by atoms with E-state index in [1.165, 1.54) is 154 Å². The Kier molecular flexibility index (Phi) is 52.1. The van der Waals surface area contributed by atoms with Gasteiger partial charge in [-0.05, 0) is 96.3 Å². The fraction of sp³-hybridized carbons (Fsp3) is 0.797. The molecular weight excluding hydrogens is 803 g/mol. The molecule has 0 radical (unpaired) electrons. The highest BCUT2D eigenvalue weighted by Crippen LogP contribution is 2.15. The van der Waals surface area contributed by atoms with Gasteiger partial charge >= 0.3 is 5.97 Å². The Bertz CT molecular complexity index is 1140. The van der Waals surface area contributed by atoms with E-state index in [-0.39, 0.29) is 18.5 Å². The fourth-order valence-corrected chi connectivity index (χ4v) is 8.15. The molecule has 0 aromatic heterocycles. The molecule has 0 saturated heterocycles. The van der Waals surface area contributed by atoms with Crippen molar-refractivity contribution in [2.24, 2.45) is 0 Å². The highest BCUT2D eigenvalue weighted by atomic mass is 16.5. The predicted octanol–water partition coefficient (Wildman–Crippen LogP) is 17.2. The number of amides is 1. The monoisotopic (exact) mass is 910 g/mol. The Labute approximate surface area is 403 Å². The number of carbonyl (C=O) groups is 2. The number of rotatable bonds is 51. The molecule has 65 heavy (non-hydrogen) atoms. The molecular formula is C59H107NO5. The van der Waals surface area contributed by atoms with Crippen LogP contribution in [0.3, 0.4) is 0 Å². The van der Waals surface area contributed by atoms with Crippen LogP contribution in [0, 0.1) is 0 Å². The Morgan fingerprint density at radius 2 is 0.785 bits per heavy atom. The van der Waals surface area contributed by atoms with Crippen molar-refractivity contribution in [2.75, 3.05) is 13.2 Å². The number of hydrogen-bond donors (Lipinski definition) is 3. The van der Waals surface area contributed by atoms with Gasteiger partial charge in [-0.1, -0.05) is 229 Å². The van der Waals surface area contributed by atoms with Gasteiger partial charge in [0.1, 0.15) is 0 Å². The largest absolute Gasteiger partial charge is 0.466 e. The standard InChI is InChI=1S/C59H107NO5/c1-3-5-7-9-11-13-15-17-19-21-24-27-31-35-39-43-47-51-57(62)56(55-61)60-58(63)52-48-44-40-36-32-28-25-22-20-23-26-30-34-38-42-46-50-54-65-59(64)53-49-45-41-37-33-29-18-16-14-12-10-8-6-4-2/h10,12,16,18,20,23,30,34,47,51,56-57,61-62H,3-9,11,13-15,17,19,21-22,24-29,31-33,35-46,48-50,52-55H2,1-2H3,(H,60,63)/b12-10-,18-16-,23-20-,34-30-,51-47+. The Morgan fingerprint density at radius 3 is 1.22 bits per heavy atom. The number of esters is 1. The fourth-order valence-electron chi connectivity index (χ4n) is 8.15. The van der Waals surface area contributed by atoms with Crippen molar-refractivity contribution in [1.82, 2.24) is 5.32 Å². The van der Waals surface area contributed by atoms with Crippen molar-refractivity contribution < 1.29 is 24.5 Å². The van der Waals surface area contributed by atoms with E-state index in [2.05, 4.69) is 67.8 Å². The zero-order valence-electron chi connectivity index (χ0n) is 43.0. The molecule has 0 rings (SSSR count). The first-order valence-corrected chi connectivity index (χ1v) is 28.1. The number of aliphatic hydroxyl groups is 2. The Morgan fingerprint density at radius 1 is 0.431 bits per heavy atom. The lowest BCUT2D eigenvalue weighted by atomic mass is 10.0. The molecule has 0 aromatic carbocycles. The van der Waals surface area contributed by atoms with Gasteiger partial charge in [-0.3, -0.25) is 9.59 Å². The van der Waals surface area contributed by atoms with Crippen LogP contribution in [0.5, 0.6) is 0 Å². The summed E-state index contributed by atoms with van der Waals surface area (Å²) < 4.78 is 5.44. The summed E-state index contributed by atoms with van der Waals surface area (Å²) in [5.74, 6) is -0.117. The molecule has 0 heterocycles. The number of nitrogens with one attached hydrogen (secondary N) is 1. The van der Waals surface area contributed by atoms with Crippen LogP contribution >= 0.6 is 0 Å². The Balaban J connectivity index is 3.55. The average molecular weight is 911 g/mol. The molecule has 0 fully saturated rings. The lowest BCUT2D eigenvalue weighted by Gasteiger charge is -2.20. The highest BCUT2D eigenvalue weighted by Gasteiger charge is 2.18. The summed E-state index contributed by atoms with van der Waals surface area (Å²) >= 11 is 0. The number of aliphatic hydroxyl groups excluding tert-OH is 2. The number of ether oxygens (including phenoxy) is 1. The van der Waals surface area contributed by atoms with E-state index >= 15 is 0 Å². The smallest absolute Gasteiger partial charge is 0.305 e. The summed E-state index contributed by atoms with van der Waals surface area (Å²) in [6.07, 6.45) is 69.4. The first-order valence-electron chi connectivity index (χ1n) is 28.1. The van der Waals surface area contributed by atoms with Crippen molar-refractivity contribution in [1.29, 1.82) is 0 Å². The van der Waals surface area contributed by atoms with Gasteiger partial charge in [0, 0.05) is 12.8 Å². The minimum Gasteiger partial charge on any atom is -0.466 e. The van der Waals surface area contributed by atoms with Crippen molar-refractivity contribution in [3.8, 4) is 0 Å². The van der Waals surface area contributed by atoms with Crippen LogP contribution in [0.2, 0.25) is 0 Å². The summed E-state index contributed by atoms with van der Waals surface area (Å²) in [5.41, 5.74) is 0. The van der Waals surface area contributed by atoms with Crippen molar-refractivity contribution in [2.45, 2.75) is 289 Å². The average Bonchev–Trinajstić information content (AvgIpc) is 3.31. The van der Waals surface area contributed by atoms with E-state index in [0.29, 0.717) is 19.4 Å². The molecule has 3 N–H and O–H groups in total. The summed E-state index contributed by atoms with van der Waals surface area (Å²) in [4.78, 5) is 24.5. The molecule has 0 bridgehead atoms. The van der Waals surface area contributed by atoms with Crippen LogP contribution in [-0.2, 0) is 14.3 Å². The highest BCUT2D eigenvalue weighted by molar-refractivity contribution is 5.76. The SMILES string of the molecule is CCCC/C=C\C/C=C\CCCCCCCC(=O)OCCCCC/C=C\C/C=C\CCCCCCCCCC(=O)NC(CO)C(O)/C=C/CCCCCCCCCCCCCCCCC. The first-order chi connectivity index (χ1) is 32.0. The second-order valence-corrected chi connectivity index (χ2v) is 18.9. The quantitative estimate of drug-likeness (QED) is 0.0321. The molecule has 0 aliphatic rings. The third-order valence-electron chi connectivity index (χ3n) is 12.5. The molecule has 0 aliphatic carbocycles. The van der Waals surface area contributed by atoms with Gasteiger partial charge in [-0.25, -0.2) is 0 Å². The van der Waals surface area contributed by atoms with Gasteiger partial charge in [-0.15, -0.1) is 0 Å². The molecule has 6 heteroatoms. The lowest BCUT2D eigenvalue weighted by Crippen LogP contribution is -2.45. The van der Waals surface area contributed by atoms with E-state index in [0.717, 1.165) is 96.3 Å². The van der Waals surface area contributed by atoms with Crippen LogP contribution in [0.1, 0.15) is 277 Å². The first kappa shape index (κ1) is 62.6. The molecule has 378 valence electrons. The van der Waals surface area contributed by atoms with Gasteiger partial charge < -0.3 is 20.3 Å². The summed E-state index contributed by atoms with van der Waals surface area (Å²) in [6, 6.07) is -0.642. The van der Waals surface area contributed by atoms with Crippen molar-refractivity contribution in [3.05, 3.63) is 60.8 Å². The van der Waals surface area contributed by atoms with Crippen LogP contribution < -0.4 is 5.32 Å². The number of unbranched alkanes of at least 4 members (excludes halogenated alkanes) is 32. The van der Waals surface area contributed by atoms with Crippen LogP contribution in [0.4, 0.5) is 0 Å². The maximum atomic E-state index is 12.5. The predicted molar refractivity (Wildman–Crippen MR) is 282 cm³/mol. The zero-order valence-corrected chi connectivity index (χ0v) is 43.0. The van der Waals surface area contributed by atoms with Crippen molar-refractivity contribution in [3.63, 3.8) is 0 Å². The zero-order chi connectivity index (χ0) is 47.2. The Hall–Kier alpha value is -2.44. The van der Waals surface area contributed by atoms with Gasteiger partial charge in [0.05, 0.1) is 25.4 Å². The molecule has 1 amide bonds. The minimum atomic E-state index is -0.857. The van der Waals surface area contributed by atoms with E-state index in [4.69, 9.17) is 4.74 Å². The van der Waals surface area contributed by atoms with Gasteiger partial charge in [0.25, 0.3) is 0 Å². The third kappa shape index (κ3) is 50.8. The van der Waals surface area contributed by atoms with E-state index in [9.17, 15) is 19.8 Å². The molecule has 0 saturated carbocycles. The third-order valence-corrected chi connectivity index (χ3v) is 12.5. The lowest BCUT2D eigenvalue weighted by molar-refractivity contribution is -0.143. The second-order valence-electron chi connectivity index (χ2n) is 18.9. The number of hydrogen-bond acceptors (Lipinski definition) is 5. The summed E-state index contributed by atoms with van der Waals surface area (Å²) in [6.45, 7) is 4.81.